The van der Waals surface area contributed by atoms with Crippen molar-refractivity contribution < 1.29 is 22.7 Å². The first kappa shape index (κ1) is 13.0. The fraction of sp³-hybridized carbons (Fsp3) is 0.364. The second-order valence-electron chi connectivity index (χ2n) is 3.96. The van der Waals surface area contributed by atoms with Gasteiger partial charge in [0, 0.05) is 12.1 Å². The van der Waals surface area contributed by atoms with Gasteiger partial charge in [0.2, 0.25) is 0 Å². The van der Waals surface area contributed by atoms with Gasteiger partial charge in [0.1, 0.15) is 5.56 Å². The van der Waals surface area contributed by atoms with Crippen LogP contribution in [-0.4, -0.2) is 19.1 Å². The molecular weight excluding hydrogens is 271 g/mol. The van der Waals surface area contributed by atoms with Crippen molar-refractivity contribution in [2.45, 2.75) is 19.2 Å². The molecule has 1 aromatic rings. The van der Waals surface area contributed by atoms with E-state index in [2.05, 4.69) is 0 Å². The lowest BCUT2D eigenvalue weighted by Gasteiger charge is -2.32. The first-order chi connectivity index (χ1) is 8.21. The zero-order valence-corrected chi connectivity index (χ0v) is 10.3. The number of rotatable bonds is 0. The third kappa shape index (κ3) is 2.01. The van der Waals surface area contributed by atoms with E-state index >= 15 is 0 Å². The summed E-state index contributed by atoms with van der Waals surface area (Å²) in [6.07, 6.45) is -5.54. The van der Waals surface area contributed by atoms with Gasteiger partial charge < -0.3 is 9.64 Å². The van der Waals surface area contributed by atoms with E-state index < -0.39 is 23.8 Å². The van der Waals surface area contributed by atoms with Crippen LogP contribution in [0.2, 0.25) is 5.02 Å². The second kappa shape index (κ2) is 4.05. The molecule has 1 aromatic carbocycles. The van der Waals surface area contributed by atoms with E-state index in [0.29, 0.717) is 0 Å². The summed E-state index contributed by atoms with van der Waals surface area (Å²) in [6.45, 7) is 1.40. The van der Waals surface area contributed by atoms with E-state index in [-0.39, 0.29) is 16.5 Å². The van der Waals surface area contributed by atoms with Crippen LogP contribution in [-0.2, 0) is 11.0 Å². The number of anilines is 1. The van der Waals surface area contributed by atoms with Crippen molar-refractivity contribution in [3.63, 3.8) is 0 Å². The molecule has 1 unspecified atom stereocenters. The van der Waals surface area contributed by atoms with Crippen molar-refractivity contribution in [1.82, 2.24) is 0 Å². The Balaban J connectivity index is 2.67. The first-order valence-electron chi connectivity index (χ1n) is 5.07. The molecule has 0 saturated heterocycles. The molecule has 3 nitrogen and oxygen atoms in total. The highest BCUT2D eigenvalue weighted by Gasteiger charge is 2.40. The van der Waals surface area contributed by atoms with Gasteiger partial charge in [-0.2, -0.15) is 13.2 Å². The van der Waals surface area contributed by atoms with Gasteiger partial charge in [0.25, 0.3) is 5.91 Å². The van der Waals surface area contributed by atoms with Gasteiger partial charge in [-0.1, -0.05) is 11.6 Å². The van der Waals surface area contributed by atoms with Crippen molar-refractivity contribution in [3.05, 3.63) is 22.7 Å². The maximum Gasteiger partial charge on any atom is 0.420 e. The van der Waals surface area contributed by atoms with E-state index in [1.54, 1.807) is 0 Å². The van der Waals surface area contributed by atoms with Crippen LogP contribution in [0, 0.1) is 0 Å². The minimum atomic E-state index is -4.59. The predicted molar refractivity (Wildman–Crippen MR) is 60.0 cm³/mol. The zero-order chi connectivity index (χ0) is 13.7. The minimum Gasteiger partial charge on any atom is -0.478 e. The average molecular weight is 280 g/mol. The van der Waals surface area contributed by atoms with E-state index in [9.17, 15) is 18.0 Å². The Labute approximate surface area is 106 Å². The zero-order valence-electron chi connectivity index (χ0n) is 9.51. The average Bonchev–Trinajstić information content (AvgIpc) is 2.25. The Kier molecular flexibility index (Phi) is 2.93. The van der Waals surface area contributed by atoms with Crippen LogP contribution in [0.3, 0.4) is 0 Å². The monoisotopic (exact) mass is 279 g/mol. The van der Waals surface area contributed by atoms with Crippen LogP contribution in [0.5, 0.6) is 5.75 Å². The summed E-state index contributed by atoms with van der Waals surface area (Å²) < 4.78 is 43.7. The third-order valence-corrected chi connectivity index (χ3v) is 2.89. The molecule has 0 radical (unpaired) electrons. The lowest BCUT2D eigenvalue weighted by atomic mass is 10.1. The standard InChI is InChI=1S/C11H9ClF3NO2/c1-5-10(17)16(2)8-4-6(12)3-7(9(8)18-5)11(13,14)15/h3-5H,1-2H3. The number of nitrogens with zero attached hydrogens (tertiary/aromatic N) is 1. The van der Waals surface area contributed by atoms with Crippen LogP contribution >= 0.6 is 11.6 Å². The lowest BCUT2D eigenvalue weighted by Crippen LogP contribution is -2.42. The number of ether oxygens (including phenoxy) is 1. The number of carbonyl (C=O) groups excluding carboxylic acids is 1. The predicted octanol–water partition coefficient (Wildman–Crippen LogP) is 3.10. The highest BCUT2D eigenvalue weighted by molar-refractivity contribution is 6.31. The van der Waals surface area contributed by atoms with Crippen LogP contribution in [0.4, 0.5) is 18.9 Å². The SMILES string of the molecule is CC1Oc2c(cc(Cl)cc2C(F)(F)F)N(C)C1=O. The number of hydrogen-bond acceptors (Lipinski definition) is 2. The fourth-order valence-electron chi connectivity index (χ4n) is 1.78. The van der Waals surface area contributed by atoms with Gasteiger partial charge in [-0.3, -0.25) is 4.79 Å². The van der Waals surface area contributed by atoms with Crippen LogP contribution in [0.1, 0.15) is 12.5 Å². The maximum atomic E-state index is 12.9. The number of benzene rings is 1. The smallest absolute Gasteiger partial charge is 0.420 e. The summed E-state index contributed by atoms with van der Waals surface area (Å²) >= 11 is 5.64. The molecule has 0 aliphatic carbocycles. The molecule has 0 aromatic heterocycles. The molecule has 1 aliphatic heterocycles. The fourth-order valence-corrected chi connectivity index (χ4v) is 1.99. The summed E-state index contributed by atoms with van der Waals surface area (Å²) in [4.78, 5) is 12.8. The minimum absolute atomic E-state index is 0.0259. The Morgan fingerprint density at radius 3 is 2.56 bits per heavy atom. The number of fused-ring (bicyclic) bond motifs is 1. The van der Waals surface area contributed by atoms with E-state index in [1.807, 2.05) is 0 Å². The molecular formula is C11H9ClF3NO2. The Hall–Kier alpha value is -1.43. The maximum absolute atomic E-state index is 12.9. The normalized spacial score (nSPS) is 19.6. The van der Waals surface area contributed by atoms with Gasteiger partial charge in [0.15, 0.2) is 11.9 Å². The molecule has 0 N–H and O–H groups in total. The summed E-state index contributed by atoms with van der Waals surface area (Å²) in [5.74, 6) is -0.778. The number of amides is 1. The van der Waals surface area contributed by atoms with Crippen LogP contribution < -0.4 is 9.64 Å². The van der Waals surface area contributed by atoms with Crippen LogP contribution in [0.15, 0.2) is 12.1 Å². The molecule has 0 saturated carbocycles. The number of carbonyl (C=O) groups is 1. The number of hydrogen-bond donors (Lipinski definition) is 0. The summed E-state index contributed by atoms with van der Waals surface area (Å²) in [6, 6.07) is 2.06. The molecule has 18 heavy (non-hydrogen) atoms. The second-order valence-corrected chi connectivity index (χ2v) is 4.39. The van der Waals surface area contributed by atoms with Gasteiger partial charge in [-0.05, 0) is 19.1 Å². The lowest BCUT2D eigenvalue weighted by molar-refractivity contribution is -0.141. The quantitative estimate of drug-likeness (QED) is 0.730. The topological polar surface area (TPSA) is 29.5 Å². The molecule has 98 valence electrons. The van der Waals surface area contributed by atoms with Crippen molar-refractivity contribution >= 4 is 23.2 Å². The van der Waals surface area contributed by atoms with Crippen molar-refractivity contribution in [1.29, 1.82) is 0 Å². The van der Waals surface area contributed by atoms with Crippen LogP contribution in [0.25, 0.3) is 0 Å². The highest BCUT2D eigenvalue weighted by atomic mass is 35.5. The Morgan fingerprint density at radius 2 is 2.00 bits per heavy atom. The highest BCUT2D eigenvalue weighted by Crippen LogP contribution is 2.45. The van der Waals surface area contributed by atoms with Gasteiger partial charge in [-0.15, -0.1) is 0 Å². The summed E-state index contributed by atoms with van der Waals surface area (Å²) in [5, 5.41) is -0.0983. The number of likely N-dealkylation sites (N-methyl/N-ethyl adjacent to an activating group) is 1. The molecule has 1 amide bonds. The number of alkyl halides is 3. The van der Waals surface area contributed by atoms with Crippen molar-refractivity contribution in [3.8, 4) is 5.75 Å². The van der Waals surface area contributed by atoms with Crippen molar-refractivity contribution in [2.24, 2.45) is 0 Å². The molecule has 1 atom stereocenters. The third-order valence-electron chi connectivity index (χ3n) is 2.67. The first-order valence-corrected chi connectivity index (χ1v) is 5.44. The summed E-state index contributed by atoms with van der Waals surface area (Å²) in [7, 11) is 1.39. The molecule has 2 rings (SSSR count). The van der Waals surface area contributed by atoms with E-state index in [4.69, 9.17) is 16.3 Å². The van der Waals surface area contributed by atoms with Gasteiger partial charge >= 0.3 is 6.18 Å². The Morgan fingerprint density at radius 1 is 1.39 bits per heavy atom. The largest absolute Gasteiger partial charge is 0.478 e. The summed E-state index contributed by atoms with van der Waals surface area (Å²) in [5.41, 5.74) is -0.950. The molecule has 0 fully saturated rings. The van der Waals surface area contributed by atoms with E-state index in [0.717, 1.165) is 11.0 Å². The Bertz CT molecular complexity index is 516. The molecule has 1 aliphatic rings. The number of halogens is 4. The molecule has 0 spiro atoms. The van der Waals surface area contributed by atoms with Gasteiger partial charge in [-0.25, -0.2) is 0 Å². The molecule has 0 bridgehead atoms. The molecule has 1 heterocycles. The van der Waals surface area contributed by atoms with E-state index in [1.165, 1.54) is 20.0 Å². The van der Waals surface area contributed by atoms with Crippen molar-refractivity contribution in [2.75, 3.05) is 11.9 Å². The molecule has 7 heteroatoms. The van der Waals surface area contributed by atoms with Gasteiger partial charge in [0.05, 0.1) is 5.69 Å².